The van der Waals surface area contributed by atoms with E-state index in [1.165, 1.54) is 18.4 Å². The first-order chi connectivity index (χ1) is 12.6. The third kappa shape index (κ3) is 5.28. The quantitative estimate of drug-likeness (QED) is 0.361. The molecule has 2 aromatic carbocycles. The minimum Gasteiger partial charge on any atom is -0.497 e. The Morgan fingerprint density at radius 1 is 1.04 bits per heavy atom. The molecule has 0 aromatic heterocycles. The Morgan fingerprint density at radius 3 is 2.33 bits per heavy atom. The van der Waals surface area contributed by atoms with Gasteiger partial charge in [0.2, 0.25) is 0 Å². The van der Waals surface area contributed by atoms with E-state index in [0.717, 1.165) is 30.0 Å². The number of hydrogen-bond donors (Lipinski definition) is 2. The molecule has 1 aliphatic rings. The van der Waals surface area contributed by atoms with Crippen LogP contribution in [0.1, 0.15) is 31.2 Å². The predicted molar refractivity (Wildman–Crippen MR) is 122 cm³/mol. The molecule has 2 aromatic rings. The Balaban J connectivity index is 0.00000261. The first kappa shape index (κ1) is 21.3. The fraction of sp³-hybridized carbons (Fsp3) is 0.381. The second-order valence-electron chi connectivity index (χ2n) is 6.77. The monoisotopic (exact) mass is 481 g/mol. The van der Waals surface area contributed by atoms with E-state index in [9.17, 15) is 0 Å². The van der Waals surface area contributed by atoms with Crippen molar-refractivity contribution in [1.82, 2.24) is 0 Å². The zero-order valence-corrected chi connectivity index (χ0v) is 18.2. The van der Waals surface area contributed by atoms with Crippen LogP contribution in [-0.4, -0.2) is 26.7 Å². The maximum atomic E-state index is 6.13. The number of anilines is 1. The average molecular weight is 481 g/mol. The molecule has 146 valence electrons. The highest BCUT2D eigenvalue weighted by atomic mass is 127. The lowest BCUT2D eigenvalue weighted by atomic mass is 9.79. The van der Waals surface area contributed by atoms with E-state index >= 15 is 0 Å². The third-order valence-electron chi connectivity index (χ3n) is 5.16. The fourth-order valence-corrected chi connectivity index (χ4v) is 3.64. The Kier molecular flexibility index (Phi) is 7.77. The lowest BCUT2D eigenvalue weighted by Gasteiger charge is -2.28. The standard InChI is InChI=1S/C21H27N3O2.HI/c1-25-18-10-8-17(9-11-18)24-20(22)23-15-21(12-3-4-13-21)16-6-5-7-19(14-16)26-2;/h5-11,14H,3-4,12-13,15H2,1-2H3,(H3,22,23,24);1H. The zero-order chi connectivity index (χ0) is 18.4. The average Bonchev–Trinajstić information content (AvgIpc) is 3.17. The summed E-state index contributed by atoms with van der Waals surface area (Å²) in [6, 6.07) is 16.0. The second-order valence-corrected chi connectivity index (χ2v) is 6.77. The topological polar surface area (TPSA) is 68.9 Å². The molecular weight excluding hydrogens is 453 g/mol. The summed E-state index contributed by atoms with van der Waals surface area (Å²) >= 11 is 0. The summed E-state index contributed by atoms with van der Waals surface area (Å²) in [5.74, 6) is 2.14. The fourth-order valence-electron chi connectivity index (χ4n) is 3.64. The molecule has 27 heavy (non-hydrogen) atoms. The largest absolute Gasteiger partial charge is 0.497 e. The van der Waals surface area contributed by atoms with Crippen molar-refractivity contribution in [2.24, 2.45) is 10.7 Å². The second kappa shape index (κ2) is 9.82. The molecule has 3 rings (SSSR count). The van der Waals surface area contributed by atoms with Gasteiger partial charge in [-0.05, 0) is 54.8 Å². The number of hydrogen-bond acceptors (Lipinski definition) is 3. The van der Waals surface area contributed by atoms with Crippen molar-refractivity contribution in [3.63, 3.8) is 0 Å². The molecule has 3 N–H and O–H groups in total. The van der Waals surface area contributed by atoms with Gasteiger partial charge in [0.05, 0.1) is 20.8 Å². The van der Waals surface area contributed by atoms with Crippen LogP contribution >= 0.6 is 24.0 Å². The van der Waals surface area contributed by atoms with Crippen molar-refractivity contribution in [1.29, 1.82) is 0 Å². The molecule has 5 nitrogen and oxygen atoms in total. The minimum atomic E-state index is 0. The molecular formula is C21H28IN3O2. The van der Waals surface area contributed by atoms with Gasteiger partial charge >= 0.3 is 0 Å². The first-order valence-corrected chi connectivity index (χ1v) is 9.01. The van der Waals surface area contributed by atoms with Gasteiger partial charge in [-0.25, -0.2) is 0 Å². The summed E-state index contributed by atoms with van der Waals surface area (Å²) < 4.78 is 10.6. The Bertz CT molecular complexity index is 756. The molecule has 0 spiro atoms. The van der Waals surface area contributed by atoms with Crippen molar-refractivity contribution < 1.29 is 9.47 Å². The van der Waals surface area contributed by atoms with Crippen LogP contribution in [0.4, 0.5) is 5.69 Å². The smallest absolute Gasteiger partial charge is 0.193 e. The number of aliphatic imine (C=N–C) groups is 1. The minimum absolute atomic E-state index is 0. The zero-order valence-electron chi connectivity index (χ0n) is 15.9. The van der Waals surface area contributed by atoms with Gasteiger partial charge < -0.3 is 20.5 Å². The molecule has 1 fully saturated rings. The summed E-state index contributed by atoms with van der Waals surface area (Å²) in [4.78, 5) is 4.66. The number of rotatable bonds is 6. The summed E-state index contributed by atoms with van der Waals surface area (Å²) in [5.41, 5.74) is 8.36. The number of guanidine groups is 1. The SMILES string of the molecule is COc1ccc(NC(N)=NCC2(c3cccc(OC)c3)CCCC2)cc1.I. The molecule has 0 radical (unpaired) electrons. The summed E-state index contributed by atoms with van der Waals surface area (Å²) in [6.45, 7) is 0.676. The molecule has 6 heteroatoms. The van der Waals surface area contributed by atoms with E-state index in [1.54, 1.807) is 14.2 Å². The molecule has 0 unspecified atom stereocenters. The molecule has 0 heterocycles. The number of nitrogens with two attached hydrogens (primary N) is 1. The van der Waals surface area contributed by atoms with Gasteiger partial charge in [-0.3, -0.25) is 4.99 Å². The highest BCUT2D eigenvalue weighted by molar-refractivity contribution is 14.0. The van der Waals surface area contributed by atoms with Crippen LogP contribution < -0.4 is 20.5 Å². The van der Waals surface area contributed by atoms with Gasteiger partial charge in [-0.2, -0.15) is 0 Å². The number of halogens is 1. The molecule has 0 saturated heterocycles. The number of ether oxygens (including phenoxy) is 2. The summed E-state index contributed by atoms with van der Waals surface area (Å²) in [5, 5.41) is 3.16. The highest BCUT2D eigenvalue weighted by Crippen LogP contribution is 2.42. The predicted octanol–water partition coefficient (Wildman–Crippen LogP) is 4.56. The van der Waals surface area contributed by atoms with Crippen LogP contribution in [0.2, 0.25) is 0 Å². The molecule has 0 bridgehead atoms. The first-order valence-electron chi connectivity index (χ1n) is 9.01. The lowest BCUT2D eigenvalue weighted by molar-refractivity contribution is 0.408. The van der Waals surface area contributed by atoms with Crippen LogP contribution in [0.15, 0.2) is 53.5 Å². The van der Waals surface area contributed by atoms with E-state index in [0.29, 0.717) is 12.5 Å². The van der Waals surface area contributed by atoms with Crippen molar-refractivity contribution in [2.45, 2.75) is 31.1 Å². The number of benzene rings is 2. The van der Waals surface area contributed by atoms with Crippen LogP contribution in [0.25, 0.3) is 0 Å². The van der Waals surface area contributed by atoms with Crippen molar-refractivity contribution >= 4 is 35.6 Å². The van der Waals surface area contributed by atoms with Gasteiger partial charge in [0.15, 0.2) is 5.96 Å². The van der Waals surface area contributed by atoms with Gasteiger partial charge in [0.25, 0.3) is 0 Å². The van der Waals surface area contributed by atoms with Crippen molar-refractivity contribution in [3.8, 4) is 11.5 Å². The third-order valence-corrected chi connectivity index (χ3v) is 5.16. The molecule has 0 atom stereocenters. The molecule has 0 amide bonds. The molecule has 1 saturated carbocycles. The lowest BCUT2D eigenvalue weighted by Crippen LogP contribution is -2.30. The van der Waals surface area contributed by atoms with Gasteiger partial charge in [0, 0.05) is 11.1 Å². The van der Waals surface area contributed by atoms with E-state index in [2.05, 4.69) is 28.5 Å². The highest BCUT2D eigenvalue weighted by Gasteiger charge is 2.35. The van der Waals surface area contributed by atoms with E-state index in [1.807, 2.05) is 30.3 Å². The van der Waals surface area contributed by atoms with Gasteiger partial charge in [0.1, 0.15) is 11.5 Å². The van der Waals surface area contributed by atoms with Crippen LogP contribution in [-0.2, 0) is 5.41 Å². The Morgan fingerprint density at radius 2 is 1.70 bits per heavy atom. The Labute approximate surface area is 178 Å². The Hall–Kier alpha value is -1.96. The van der Waals surface area contributed by atoms with Gasteiger partial charge in [-0.15, -0.1) is 24.0 Å². The molecule has 1 aliphatic carbocycles. The summed E-state index contributed by atoms with van der Waals surface area (Å²) in [7, 11) is 3.35. The van der Waals surface area contributed by atoms with Crippen LogP contribution in [0.3, 0.4) is 0 Å². The number of nitrogens with one attached hydrogen (secondary N) is 1. The van der Waals surface area contributed by atoms with Crippen LogP contribution in [0.5, 0.6) is 11.5 Å². The number of nitrogens with zero attached hydrogens (tertiary/aromatic N) is 1. The van der Waals surface area contributed by atoms with Crippen LogP contribution in [0, 0.1) is 0 Å². The van der Waals surface area contributed by atoms with Crippen molar-refractivity contribution in [2.75, 3.05) is 26.1 Å². The van der Waals surface area contributed by atoms with Crippen molar-refractivity contribution in [3.05, 3.63) is 54.1 Å². The molecule has 0 aliphatic heterocycles. The summed E-state index contributed by atoms with van der Waals surface area (Å²) in [6.07, 6.45) is 4.69. The van der Waals surface area contributed by atoms with E-state index in [-0.39, 0.29) is 29.4 Å². The van der Waals surface area contributed by atoms with E-state index in [4.69, 9.17) is 15.2 Å². The number of methoxy groups -OCH3 is 2. The van der Waals surface area contributed by atoms with Gasteiger partial charge in [-0.1, -0.05) is 25.0 Å². The van der Waals surface area contributed by atoms with E-state index < -0.39 is 0 Å². The maximum absolute atomic E-state index is 6.13. The normalized spacial score (nSPS) is 15.7. The maximum Gasteiger partial charge on any atom is 0.193 e.